The number of hydrogen-bond donors (Lipinski definition) is 1. The third kappa shape index (κ3) is 2.98. The van der Waals surface area contributed by atoms with Gasteiger partial charge < -0.3 is 5.21 Å². The van der Waals surface area contributed by atoms with Crippen molar-refractivity contribution in [1.29, 1.82) is 0 Å². The summed E-state index contributed by atoms with van der Waals surface area (Å²) in [6, 6.07) is 10.0. The minimum atomic E-state index is 0.121. The summed E-state index contributed by atoms with van der Waals surface area (Å²) < 4.78 is 0. The van der Waals surface area contributed by atoms with Gasteiger partial charge in [-0.25, -0.2) is 0 Å². The Bertz CT molecular complexity index is 292. The fourth-order valence-electron chi connectivity index (χ4n) is 1.14. The normalized spacial score (nSPS) is 10.9. The predicted octanol–water partition coefficient (Wildman–Crippen LogP) is 2.80. The highest BCUT2D eigenvalue weighted by Gasteiger charge is 2.07. The Morgan fingerprint density at radius 1 is 1.36 bits per heavy atom. The van der Waals surface area contributed by atoms with E-state index in [9.17, 15) is 5.21 Å². The van der Waals surface area contributed by atoms with Crippen LogP contribution in [0.2, 0.25) is 0 Å². The van der Waals surface area contributed by atoms with Crippen LogP contribution in [0.1, 0.15) is 19.4 Å². The van der Waals surface area contributed by atoms with Crippen molar-refractivity contribution in [1.82, 2.24) is 5.06 Å². The first-order chi connectivity index (χ1) is 6.61. The molecule has 1 aromatic rings. The van der Waals surface area contributed by atoms with E-state index in [4.69, 9.17) is 0 Å². The van der Waals surface area contributed by atoms with E-state index < -0.39 is 0 Å². The van der Waals surface area contributed by atoms with E-state index in [2.05, 4.69) is 6.58 Å². The molecule has 1 aromatic carbocycles. The summed E-state index contributed by atoms with van der Waals surface area (Å²) in [5, 5.41) is 10.8. The van der Waals surface area contributed by atoms with Crippen LogP contribution >= 0.6 is 0 Å². The van der Waals surface area contributed by atoms with E-state index in [1.807, 2.05) is 44.2 Å². The second-order valence-electron chi connectivity index (χ2n) is 3.66. The molecule has 0 amide bonds. The maximum Gasteiger partial charge on any atom is 0.0491 e. The van der Waals surface area contributed by atoms with Gasteiger partial charge in [0.2, 0.25) is 0 Å². The van der Waals surface area contributed by atoms with Gasteiger partial charge in [0.1, 0.15) is 0 Å². The summed E-state index contributed by atoms with van der Waals surface area (Å²) in [4.78, 5) is 0. The van der Waals surface area contributed by atoms with Crippen molar-refractivity contribution in [2.45, 2.75) is 19.9 Å². The maximum absolute atomic E-state index is 9.53. The van der Waals surface area contributed by atoms with Gasteiger partial charge >= 0.3 is 0 Å². The van der Waals surface area contributed by atoms with Crippen molar-refractivity contribution >= 4 is 5.57 Å². The average Bonchev–Trinajstić information content (AvgIpc) is 2.19. The molecule has 0 radical (unpaired) electrons. The van der Waals surface area contributed by atoms with E-state index in [1.165, 1.54) is 5.06 Å². The van der Waals surface area contributed by atoms with Crippen molar-refractivity contribution in [3.8, 4) is 0 Å². The fourth-order valence-corrected chi connectivity index (χ4v) is 1.14. The highest BCUT2D eigenvalue weighted by molar-refractivity contribution is 5.64. The second-order valence-corrected chi connectivity index (χ2v) is 3.66. The van der Waals surface area contributed by atoms with Crippen molar-refractivity contribution in [2.24, 2.45) is 0 Å². The van der Waals surface area contributed by atoms with Crippen molar-refractivity contribution in [3.63, 3.8) is 0 Å². The second kappa shape index (κ2) is 4.94. The largest absolute Gasteiger partial charge is 0.313 e. The van der Waals surface area contributed by atoms with Gasteiger partial charge in [-0.05, 0) is 25.0 Å². The molecule has 76 valence electrons. The van der Waals surface area contributed by atoms with Crippen LogP contribution in [-0.2, 0) is 0 Å². The van der Waals surface area contributed by atoms with Crippen LogP contribution in [0.5, 0.6) is 0 Å². The molecule has 0 heterocycles. The number of hydroxylamine groups is 2. The minimum Gasteiger partial charge on any atom is -0.313 e. The van der Waals surface area contributed by atoms with Crippen LogP contribution in [0.25, 0.3) is 5.57 Å². The van der Waals surface area contributed by atoms with Gasteiger partial charge in [-0.2, -0.15) is 5.06 Å². The summed E-state index contributed by atoms with van der Waals surface area (Å²) in [6.45, 7) is 8.32. The topological polar surface area (TPSA) is 23.5 Å². The molecule has 0 aliphatic heterocycles. The SMILES string of the molecule is C=C(CN(O)C(C)C)c1ccccc1. The molecule has 0 fully saturated rings. The first-order valence-corrected chi connectivity index (χ1v) is 4.80. The Kier molecular flexibility index (Phi) is 3.86. The lowest BCUT2D eigenvalue weighted by atomic mass is 10.1. The van der Waals surface area contributed by atoms with Gasteiger partial charge in [-0.15, -0.1) is 0 Å². The van der Waals surface area contributed by atoms with Gasteiger partial charge in [0, 0.05) is 12.6 Å². The van der Waals surface area contributed by atoms with Crippen LogP contribution in [-0.4, -0.2) is 22.9 Å². The lowest BCUT2D eigenvalue weighted by Gasteiger charge is -2.19. The molecule has 0 spiro atoms. The van der Waals surface area contributed by atoms with Gasteiger partial charge in [0.05, 0.1) is 0 Å². The minimum absolute atomic E-state index is 0.121. The Labute approximate surface area is 85.4 Å². The number of rotatable bonds is 4. The number of hydrogen-bond acceptors (Lipinski definition) is 2. The zero-order chi connectivity index (χ0) is 10.6. The standard InChI is InChI=1S/C12H17NO/c1-10(2)13(14)9-11(3)12-7-5-4-6-8-12/h4-8,10,14H,3,9H2,1-2H3. The Morgan fingerprint density at radius 3 is 2.43 bits per heavy atom. The lowest BCUT2D eigenvalue weighted by molar-refractivity contribution is -0.104. The van der Waals surface area contributed by atoms with E-state index in [-0.39, 0.29) is 6.04 Å². The number of benzene rings is 1. The monoisotopic (exact) mass is 191 g/mol. The third-order valence-corrected chi connectivity index (χ3v) is 2.13. The first kappa shape index (κ1) is 11.0. The molecular weight excluding hydrogens is 174 g/mol. The van der Waals surface area contributed by atoms with Crippen molar-refractivity contribution < 1.29 is 5.21 Å². The molecule has 2 nitrogen and oxygen atoms in total. The zero-order valence-corrected chi connectivity index (χ0v) is 8.77. The zero-order valence-electron chi connectivity index (χ0n) is 8.77. The quantitative estimate of drug-likeness (QED) is 0.740. The molecule has 0 aliphatic carbocycles. The third-order valence-electron chi connectivity index (χ3n) is 2.13. The molecule has 14 heavy (non-hydrogen) atoms. The fraction of sp³-hybridized carbons (Fsp3) is 0.333. The molecule has 0 aromatic heterocycles. The molecule has 2 heteroatoms. The van der Waals surface area contributed by atoms with Crippen LogP contribution in [0.15, 0.2) is 36.9 Å². The average molecular weight is 191 g/mol. The summed E-state index contributed by atoms with van der Waals surface area (Å²) in [5.74, 6) is 0. The van der Waals surface area contributed by atoms with Gasteiger partial charge in [0.25, 0.3) is 0 Å². The van der Waals surface area contributed by atoms with Gasteiger partial charge in [-0.3, -0.25) is 0 Å². The van der Waals surface area contributed by atoms with E-state index in [0.29, 0.717) is 6.54 Å². The highest BCUT2D eigenvalue weighted by atomic mass is 16.5. The van der Waals surface area contributed by atoms with Crippen LogP contribution in [0.4, 0.5) is 0 Å². The van der Waals surface area contributed by atoms with Crippen LogP contribution < -0.4 is 0 Å². The molecule has 1 N–H and O–H groups in total. The summed E-state index contributed by atoms with van der Waals surface area (Å²) in [6.07, 6.45) is 0. The summed E-state index contributed by atoms with van der Waals surface area (Å²) in [7, 11) is 0. The van der Waals surface area contributed by atoms with Crippen LogP contribution in [0, 0.1) is 0 Å². The Morgan fingerprint density at radius 2 is 1.93 bits per heavy atom. The molecule has 1 rings (SSSR count). The van der Waals surface area contributed by atoms with E-state index in [0.717, 1.165) is 11.1 Å². The van der Waals surface area contributed by atoms with E-state index >= 15 is 0 Å². The smallest absolute Gasteiger partial charge is 0.0491 e. The Balaban J connectivity index is 2.60. The molecule has 0 bridgehead atoms. The summed E-state index contributed by atoms with van der Waals surface area (Å²) >= 11 is 0. The van der Waals surface area contributed by atoms with Crippen molar-refractivity contribution in [2.75, 3.05) is 6.54 Å². The maximum atomic E-state index is 9.53. The predicted molar refractivity (Wildman–Crippen MR) is 59.1 cm³/mol. The van der Waals surface area contributed by atoms with Gasteiger partial charge in [-0.1, -0.05) is 36.9 Å². The first-order valence-electron chi connectivity index (χ1n) is 4.80. The molecule has 0 atom stereocenters. The van der Waals surface area contributed by atoms with Crippen molar-refractivity contribution in [3.05, 3.63) is 42.5 Å². The number of nitrogens with zero attached hydrogens (tertiary/aromatic N) is 1. The molecule has 0 unspecified atom stereocenters. The van der Waals surface area contributed by atoms with Crippen LogP contribution in [0.3, 0.4) is 0 Å². The molecular formula is C12H17NO. The molecule has 0 aliphatic rings. The lowest BCUT2D eigenvalue weighted by Crippen LogP contribution is -2.28. The molecule has 0 saturated carbocycles. The Hall–Kier alpha value is -1.12. The summed E-state index contributed by atoms with van der Waals surface area (Å²) in [5.41, 5.74) is 2.01. The van der Waals surface area contributed by atoms with E-state index in [1.54, 1.807) is 0 Å². The molecule has 0 saturated heterocycles. The van der Waals surface area contributed by atoms with Gasteiger partial charge in [0.15, 0.2) is 0 Å². The highest BCUT2D eigenvalue weighted by Crippen LogP contribution is 2.13.